The Balaban J connectivity index is 1.49. The normalized spacial score (nSPS) is 33.5. The standard InChI is InChI=1S/C24H29N3O4/c1-13-7-5-6-8-15(13)25-20(28)17-16-11-12-24(31-16)18(17)22(30)27(14-9-10-14)19(24)21(29)26-23(2,3)4/h5-8,11-12,14,16-19H,9-10H2,1-4H3,(H,25,28)(H,26,29)/t16-,17-,18+,19-,24+/m1/s1. The number of rotatable bonds is 4. The zero-order valence-corrected chi connectivity index (χ0v) is 18.3. The molecule has 1 saturated carbocycles. The lowest BCUT2D eigenvalue weighted by atomic mass is 9.74. The highest BCUT2D eigenvalue weighted by molar-refractivity contribution is 6.03. The molecular formula is C24H29N3O4. The van der Waals surface area contributed by atoms with Gasteiger partial charge in [0, 0.05) is 17.3 Å². The van der Waals surface area contributed by atoms with E-state index in [0.717, 1.165) is 24.1 Å². The highest BCUT2D eigenvalue weighted by atomic mass is 16.5. The minimum absolute atomic E-state index is 0.0410. The fraction of sp³-hybridized carbons (Fsp3) is 0.542. The van der Waals surface area contributed by atoms with Crippen molar-refractivity contribution in [1.82, 2.24) is 10.2 Å². The average molecular weight is 424 g/mol. The Hall–Kier alpha value is -2.67. The summed E-state index contributed by atoms with van der Waals surface area (Å²) < 4.78 is 6.32. The predicted octanol–water partition coefficient (Wildman–Crippen LogP) is 2.16. The second-order valence-corrected chi connectivity index (χ2v) is 10.2. The molecule has 7 nitrogen and oxygen atoms in total. The van der Waals surface area contributed by atoms with Gasteiger partial charge in [-0.1, -0.05) is 30.4 Å². The first kappa shape index (κ1) is 20.2. The topological polar surface area (TPSA) is 87.7 Å². The van der Waals surface area contributed by atoms with Crippen LogP contribution in [-0.4, -0.2) is 51.9 Å². The number of amides is 3. The number of nitrogens with one attached hydrogen (secondary N) is 2. The molecule has 3 amide bonds. The van der Waals surface area contributed by atoms with Gasteiger partial charge in [0.2, 0.25) is 17.7 Å². The van der Waals surface area contributed by atoms with Gasteiger partial charge in [0.25, 0.3) is 0 Å². The number of carbonyl (C=O) groups is 3. The largest absolute Gasteiger partial charge is 0.359 e. The maximum atomic E-state index is 13.6. The number of likely N-dealkylation sites (tertiary alicyclic amines) is 1. The molecule has 3 fully saturated rings. The lowest BCUT2D eigenvalue weighted by Gasteiger charge is -2.34. The van der Waals surface area contributed by atoms with Crippen LogP contribution < -0.4 is 10.6 Å². The number of ether oxygens (including phenoxy) is 1. The number of carbonyl (C=O) groups excluding carboxylic acids is 3. The second kappa shape index (κ2) is 6.66. The van der Waals surface area contributed by atoms with Crippen molar-refractivity contribution in [3.63, 3.8) is 0 Å². The predicted molar refractivity (Wildman–Crippen MR) is 115 cm³/mol. The lowest BCUT2D eigenvalue weighted by molar-refractivity contribution is -0.142. The zero-order chi connectivity index (χ0) is 22.1. The van der Waals surface area contributed by atoms with Gasteiger partial charge in [-0.25, -0.2) is 0 Å². The summed E-state index contributed by atoms with van der Waals surface area (Å²) in [6.45, 7) is 7.68. The van der Waals surface area contributed by atoms with Crippen LogP contribution in [0.1, 0.15) is 39.2 Å². The highest BCUT2D eigenvalue weighted by Crippen LogP contribution is 2.57. The summed E-state index contributed by atoms with van der Waals surface area (Å²) in [5.41, 5.74) is 0.143. The number of anilines is 1. The molecule has 2 N–H and O–H groups in total. The second-order valence-electron chi connectivity index (χ2n) is 10.2. The first-order valence-corrected chi connectivity index (χ1v) is 11.0. The Morgan fingerprint density at radius 2 is 1.87 bits per heavy atom. The molecular weight excluding hydrogens is 394 g/mol. The Kier molecular flexibility index (Phi) is 4.35. The minimum Gasteiger partial charge on any atom is -0.359 e. The van der Waals surface area contributed by atoms with E-state index in [2.05, 4.69) is 10.6 Å². The minimum atomic E-state index is -1.09. The van der Waals surface area contributed by atoms with E-state index in [1.54, 1.807) is 4.90 Å². The van der Waals surface area contributed by atoms with Gasteiger partial charge < -0.3 is 20.3 Å². The molecule has 0 unspecified atom stereocenters. The summed E-state index contributed by atoms with van der Waals surface area (Å²) in [6.07, 6.45) is 4.94. The quantitative estimate of drug-likeness (QED) is 0.727. The van der Waals surface area contributed by atoms with Crippen LogP contribution in [0.3, 0.4) is 0 Å². The SMILES string of the molecule is Cc1ccccc1NC(=O)[C@H]1[C@H]2C(=O)N(C3CC3)[C@H](C(=O)NC(C)(C)C)[C@]23C=C[C@H]1O3. The van der Waals surface area contributed by atoms with Crippen molar-refractivity contribution in [1.29, 1.82) is 0 Å². The molecule has 5 rings (SSSR count). The van der Waals surface area contributed by atoms with E-state index in [4.69, 9.17) is 4.74 Å². The maximum Gasteiger partial charge on any atom is 0.246 e. The van der Waals surface area contributed by atoms with Crippen molar-refractivity contribution in [2.75, 3.05) is 5.32 Å². The zero-order valence-electron chi connectivity index (χ0n) is 18.3. The van der Waals surface area contributed by atoms with Gasteiger partial charge in [-0.3, -0.25) is 14.4 Å². The van der Waals surface area contributed by atoms with Crippen molar-refractivity contribution in [3.05, 3.63) is 42.0 Å². The molecule has 1 spiro atoms. The summed E-state index contributed by atoms with van der Waals surface area (Å²) in [5.74, 6) is -1.96. The molecule has 31 heavy (non-hydrogen) atoms. The Labute approximate surface area is 182 Å². The van der Waals surface area contributed by atoms with E-state index >= 15 is 0 Å². The fourth-order valence-corrected chi connectivity index (χ4v) is 5.32. The molecule has 5 atom stereocenters. The summed E-state index contributed by atoms with van der Waals surface area (Å²) in [5, 5.41) is 6.01. The van der Waals surface area contributed by atoms with Crippen LogP contribution in [0.15, 0.2) is 36.4 Å². The Morgan fingerprint density at radius 3 is 2.52 bits per heavy atom. The van der Waals surface area contributed by atoms with Crippen molar-refractivity contribution in [3.8, 4) is 0 Å². The van der Waals surface area contributed by atoms with Crippen LogP contribution >= 0.6 is 0 Å². The van der Waals surface area contributed by atoms with Gasteiger partial charge in [-0.15, -0.1) is 0 Å². The number of aryl methyl sites for hydroxylation is 1. The van der Waals surface area contributed by atoms with E-state index in [-0.39, 0.29) is 23.8 Å². The molecule has 1 aliphatic carbocycles. The van der Waals surface area contributed by atoms with Gasteiger partial charge >= 0.3 is 0 Å². The third-order valence-corrected chi connectivity index (χ3v) is 6.70. The van der Waals surface area contributed by atoms with Crippen LogP contribution in [0.5, 0.6) is 0 Å². The molecule has 1 aromatic rings. The van der Waals surface area contributed by atoms with Crippen molar-refractivity contribution in [2.45, 2.75) is 69.9 Å². The van der Waals surface area contributed by atoms with Gasteiger partial charge in [-0.05, 0) is 52.2 Å². The van der Waals surface area contributed by atoms with Gasteiger partial charge in [0.15, 0.2) is 0 Å². The number of hydrogen-bond donors (Lipinski definition) is 2. The van der Waals surface area contributed by atoms with Crippen molar-refractivity contribution in [2.24, 2.45) is 11.8 Å². The summed E-state index contributed by atoms with van der Waals surface area (Å²) in [4.78, 5) is 42.0. The first-order chi connectivity index (χ1) is 14.6. The molecule has 2 saturated heterocycles. The summed E-state index contributed by atoms with van der Waals surface area (Å²) >= 11 is 0. The Bertz CT molecular complexity index is 993. The first-order valence-electron chi connectivity index (χ1n) is 11.0. The molecule has 1 aromatic carbocycles. The molecule has 0 aromatic heterocycles. The van der Waals surface area contributed by atoms with Crippen LogP contribution in [0.2, 0.25) is 0 Å². The molecule has 7 heteroatoms. The average Bonchev–Trinajstić information content (AvgIpc) is 3.27. The Morgan fingerprint density at radius 1 is 1.16 bits per heavy atom. The number of benzene rings is 1. The van der Waals surface area contributed by atoms with E-state index < -0.39 is 35.1 Å². The highest BCUT2D eigenvalue weighted by Gasteiger charge is 2.74. The van der Waals surface area contributed by atoms with Crippen molar-refractivity contribution >= 4 is 23.4 Å². The van der Waals surface area contributed by atoms with E-state index in [1.165, 1.54) is 0 Å². The van der Waals surface area contributed by atoms with Crippen LogP contribution in [0.4, 0.5) is 5.69 Å². The number of hydrogen-bond acceptors (Lipinski definition) is 4. The van der Waals surface area contributed by atoms with Gasteiger partial charge in [0.1, 0.15) is 11.6 Å². The summed E-state index contributed by atoms with van der Waals surface area (Å²) in [7, 11) is 0. The van der Waals surface area contributed by atoms with Gasteiger partial charge in [0.05, 0.1) is 17.9 Å². The molecule has 3 aliphatic heterocycles. The molecule has 164 valence electrons. The van der Waals surface area contributed by atoms with Crippen LogP contribution in [-0.2, 0) is 19.1 Å². The van der Waals surface area contributed by atoms with Crippen LogP contribution in [0.25, 0.3) is 0 Å². The maximum absolute atomic E-state index is 13.6. The molecule has 2 bridgehead atoms. The van der Waals surface area contributed by atoms with E-state index in [1.807, 2.05) is 64.1 Å². The third-order valence-electron chi connectivity index (χ3n) is 6.70. The number of para-hydroxylation sites is 1. The van der Waals surface area contributed by atoms with Crippen LogP contribution in [0, 0.1) is 18.8 Å². The number of fused-ring (bicyclic) bond motifs is 1. The lowest BCUT2D eigenvalue weighted by Crippen LogP contribution is -2.58. The molecule has 4 aliphatic rings. The molecule has 3 heterocycles. The van der Waals surface area contributed by atoms with Gasteiger partial charge in [-0.2, -0.15) is 0 Å². The third kappa shape index (κ3) is 3.09. The van der Waals surface area contributed by atoms with Crippen molar-refractivity contribution < 1.29 is 19.1 Å². The smallest absolute Gasteiger partial charge is 0.246 e. The fourth-order valence-electron chi connectivity index (χ4n) is 5.32. The monoisotopic (exact) mass is 423 g/mol. The number of nitrogens with zero attached hydrogens (tertiary/aromatic N) is 1. The van der Waals surface area contributed by atoms with E-state index in [0.29, 0.717) is 0 Å². The molecule has 0 radical (unpaired) electrons. The van der Waals surface area contributed by atoms with E-state index in [9.17, 15) is 14.4 Å². The summed E-state index contributed by atoms with van der Waals surface area (Å²) in [6, 6.07) is 6.84.